The number of carboxylic acid groups (broad SMARTS) is 1. The number of carboxylic acids is 1. The topological polar surface area (TPSA) is 75.6 Å². The summed E-state index contributed by atoms with van der Waals surface area (Å²) in [5.41, 5.74) is 1.50. The molecule has 5 heteroatoms. The predicted octanol–water partition coefficient (Wildman–Crippen LogP) is 2.69. The zero-order chi connectivity index (χ0) is 15.6. The second-order valence-electron chi connectivity index (χ2n) is 6.31. The zero-order valence-electron chi connectivity index (χ0n) is 12.6. The van der Waals surface area contributed by atoms with E-state index in [1.165, 1.54) is 0 Å². The summed E-state index contributed by atoms with van der Waals surface area (Å²) < 4.78 is 5.15. The van der Waals surface area contributed by atoms with Gasteiger partial charge in [-0.2, -0.15) is 0 Å². The van der Waals surface area contributed by atoms with E-state index in [1.807, 2.05) is 24.3 Å². The Morgan fingerprint density at radius 2 is 2.00 bits per heavy atom. The molecule has 1 aromatic rings. The normalized spacial score (nSPS) is 18.7. The maximum absolute atomic E-state index is 11.8. The van der Waals surface area contributed by atoms with Gasteiger partial charge in [-0.15, -0.1) is 0 Å². The summed E-state index contributed by atoms with van der Waals surface area (Å²) in [6.07, 6.45) is 0.853. The number of aliphatic carboxylic acids is 1. The van der Waals surface area contributed by atoms with Crippen molar-refractivity contribution in [3.8, 4) is 0 Å². The number of ether oxygens (including phenoxy) is 1. The molecule has 0 saturated carbocycles. The Kier molecular flexibility index (Phi) is 4.21. The van der Waals surface area contributed by atoms with Crippen LogP contribution in [0.4, 0.5) is 4.79 Å². The number of carbonyl (C=O) groups is 2. The predicted molar refractivity (Wildman–Crippen MR) is 78.3 cm³/mol. The molecule has 1 aliphatic carbocycles. The first-order chi connectivity index (χ1) is 9.78. The summed E-state index contributed by atoms with van der Waals surface area (Å²) in [6, 6.07) is 6.80. The Labute approximate surface area is 124 Å². The number of nitrogens with one attached hydrogen (secondary N) is 1. The van der Waals surface area contributed by atoms with E-state index in [0.717, 1.165) is 17.5 Å². The molecule has 1 aliphatic rings. The number of carbonyl (C=O) groups excluding carboxylic acids is 1. The maximum atomic E-state index is 11.8. The van der Waals surface area contributed by atoms with Crippen molar-refractivity contribution in [2.45, 2.75) is 51.2 Å². The van der Waals surface area contributed by atoms with Crippen LogP contribution in [-0.4, -0.2) is 28.8 Å². The third-order valence-electron chi connectivity index (χ3n) is 3.52. The molecule has 0 heterocycles. The van der Waals surface area contributed by atoms with Gasteiger partial charge in [0.2, 0.25) is 0 Å². The Balaban J connectivity index is 2.14. The highest BCUT2D eigenvalue weighted by atomic mass is 16.6. The molecule has 0 aliphatic heterocycles. The number of fused-ring (bicyclic) bond motifs is 1. The average molecular weight is 291 g/mol. The number of alkyl carbamates (subject to hydrolysis) is 1. The first-order valence-corrected chi connectivity index (χ1v) is 7.08. The number of aryl methyl sites for hydroxylation is 1. The first-order valence-electron chi connectivity index (χ1n) is 7.08. The van der Waals surface area contributed by atoms with Gasteiger partial charge in [-0.25, -0.2) is 9.59 Å². The van der Waals surface area contributed by atoms with E-state index in [2.05, 4.69) is 5.32 Å². The van der Waals surface area contributed by atoms with Gasteiger partial charge < -0.3 is 15.2 Å². The van der Waals surface area contributed by atoms with E-state index >= 15 is 0 Å². The molecule has 114 valence electrons. The molecule has 21 heavy (non-hydrogen) atoms. The van der Waals surface area contributed by atoms with Crippen LogP contribution in [0.2, 0.25) is 0 Å². The Morgan fingerprint density at radius 1 is 1.33 bits per heavy atom. The second kappa shape index (κ2) is 5.76. The van der Waals surface area contributed by atoms with Crippen LogP contribution in [0.1, 0.15) is 44.2 Å². The van der Waals surface area contributed by atoms with Crippen molar-refractivity contribution < 1.29 is 19.4 Å². The fourth-order valence-electron chi connectivity index (χ4n) is 2.71. The third kappa shape index (κ3) is 3.74. The molecule has 0 radical (unpaired) electrons. The van der Waals surface area contributed by atoms with Gasteiger partial charge in [-0.3, -0.25) is 0 Å². The molecule has 2 rings (SSSR count). The lowest BCUT2D eigenvalue weighted by Gasteiger charge is -2.25. The van der Waals surface area contributed by atoms with Crippen LogP contribution in [0.3, 0.4) is 0 Å². The van der Waals surface area contributed by atoms with Crippen molar-refractivity contribution in [1.82, 2.24) is 5.32 Å². The van der Waals surface area contributed by atoms with Gasteiger partial charge in [0.15, 0.2) is 0 Å². The van der Waals surface area contributed by atoms with Crippen LogP contribution >= 0.6 is 0 Å². The fourth-order valence-corrected chi connectivity index (χ4v) is 2.71. The number of hydrogen-bond donors (Lipinski definition) is 2. The molecule has 0 spiro atoms. The smallest absolute Gasteiger partial charge is 0.408 e. The lowest BCUT2D eigenvalue weighted by Crippen LogP contribution is -2.46. The number of benzene rings is 1. The summed E-state index contributed by atoms with van der Waals surface area (Å²) >= 11 is 0. The summed E-state index contributed by atoms with van der Waals surface area (Å²) in [5.74, 6) is -1.26. The van der Waals surface area contributed by atoms with Crippen molar-refractivity contribution >= 4 is 12.1 Å². The Morgan fingerprint density at radius 3 is 2.62 bits per heavy atom. The van der Waals surface area contributed by atoms with E-state index in [-0.39, 0.29) is 5.92 Å². The van der Waals surface area contributed by atoms with Crippen LogP contribution in [0.5, 0.6) is 0 Å². The van der Waals surface area contributed by atoms with Gasteiger partial charge in [-0.05, 0) is 44.7 Å². The highest BCUT2D eigenvalue weighted by molar-refractivity contribution is 5.81. The van der Waals surface area contributed by atoms with Gasteiger partial charge >= 0.3 is 12.1 Å². The number of rotatable bonds is 3. The molecule has 1 unspecified atom stereocenters. The molecular formula is C16H21NO4. The molecule has 1 aromatic carbocycles. The molecule has 0 fully saturated rings. The Hall–Kier alpha value is -2.04. The highest BCUT2D eigenvalue weighted by Gasteiger charge is 2.36. The molecule has 0 bridgehead atoms. The third-order valence-corrected chi connectivity index (χ3v) is 3.52. The minimum Gasteiger partial charge on any atom is -0.480 e. The number of hydrogen-bond acceptors (Lipinski definition) is 3. The molecule has 0 saturated heterocycles. The molecule has 2 N–H and O–H groups in total. The van der Waals surface area contributed by atoms with E-state index in [9.17, 15) is 14.7 Å². The lowest BCUT2D eigenvalue weighted by molar-refractivity contribution is -0.140. The summed E-state index contributed by atoms with van der Waals surface area (Å²) in [7, 11) is 0. The van der Waals surface area contributed by atoms with Crippen molar-refractivity contribution in [1.29, 1.82) is 0 Å². The van der Waals surface area contributed by atoms with E-state index in [0.29, 0.717) is 6.42 Å². The van der Waals surface area contributed by atoms with Crippen LogP contribution in [-0.2, 0) is 16.0 Å². The van der Waals surface area contributed by atoms with Crippen molar-refractivity contribution in [3.05, 3.63) is 35.4 Å². The minimum absolute atomic E-state index is 0.216. The van der Waals surface area contributed by atoms with Crippen LogP contribution in [0.25, 0.3) is 0 Å². The summed E-state index contributed by atoms with van der Waals surface area (Å²) in [5, 5.41) is 11.9. The highest BCUT2D eigenvalue weighted by Crippen LogP contribution is 2.35. The molecule has 0 aromatic heterocycles. The van der Waals surface area contributed by atoms with Crippen molar-refractivity contribution in [2.75, 3.05) is 0 Å². The van der Waals surface area contributed by atoms with Gasteiger partial charge in [0, 0.05) is 5.92 Å². The zero-order valence-corrected chi connectivity index (χ0v) is 12.6. The standard InChI is InChI=1S/C16H21NO4/c1-16(2,3)21-15(20)17-13(14(18)19)12-9-8-10-6-4-5-7-11(10)12/h4-7,12-13H,8-9H2,1-3H3,(H,17,20)(H,18,19)/t12?,13-/m0/s1. The van der Waals surface area contributed by atoms with E-state index in [4.69, 9.17) is 4.74 Å². The molecule has 5 nitrogen and oxygen atoms in total. The second-order valence-corrected chi connectivity index (χ2v) is 6.31. The quantitative estimate of drug-likeness (QED) is 0.897. The SMILES string of the molecule is CC(C)(C)OC(=O)N[C@H](C(=O)O)C1CCc2ccccc21. The maximum Gasteiger partial charge on any atom is 0.408 e. The van der Waals surface area contributed by atoms with Gasteiger partial charge in [0.05, 0.1) is 0 Å². The van der Waals surface area contributed by atoms with Crippen LogP contribution < -0.4 is 5.32 Å². The van der Waals surface area contributed by atoms with Gasteiger partial charge in [0.25, 0.3) is 0 Å². The molecular weight excluding hydrogens is 270 g/mol. The number of amides is 1. The first kappa shape index (κ1) is 15.4. The fraction of sp³-hybridized carbons (Fsp3) is 0.500. The van der Waals surface area contributed by atoms with Crippen molar-refractivity contribution in [3.63, 3.8) is 0 Å². The summed E-state index contributed by atoms with van der Waals surface area (Å²) in [6.45, 7) is 5.23. The Bertz CT molecular complexity index is 547. The lowest BCUT2D eigenvalue weighted by atomic mass is 9.93. The molecule has 2 atom stereocenters. The van der Waals surface area contributed by atoms with E-state index in [1.54, 1.807) is 20.8 Å². The van der Waals surface area contributed by atoms with Gasteiger partial charge in [-0.1, -0.05) is 24.3 Å². The minimum atomic E-state index is -1.04. The van der Waals surface area contributed by atoms with Crippen molar-refractivity contribution in [2.24, 2.45) is 0 Å². The van der Waals surface area contributed by atoms with Crippen LogP contribution in [0, 0.1) is 0 Å². The monoisotopic (exact) mass is 291 g/mol. The summed E-state index contributed by atoms with van der Waals surface area (Å²) in [4.78, 5) is 23.4. The van der Waals surface area contributed by atoms with Crippen LogP contribution in [0.15, 0.2) is 24.3 Å². The average Bonchev–Trinajstić information content (AvgIpc) is 2.77. The van der Waals surface area contributed by atoms with E-state index < -0.39 is 23.7 Å². The largest absolute Gasteiger partial charge is 0.480 e. The van der Waals surface area contributed by atoms with Gasteiger partial charge in [0.1, 0.15) is 11.6 Å². The molecule has 1 amide bonds.